The van der Waals surface area contributed by atoms with Gasteiger partial charge in [-0.1, -0.05) is 12.1 Å². The lowest BCUT2D eigenvalue weighted by Crippen LogP contribution is -2.31. The van der Waals surface area contributed by atoms with E-state index in [0.717, 1.165) is 6.07 Å². The van der Waals surface area contributed by atoms with Crippen molar-refractivity contribution in [3.63, 3.8) is 0 Å². The highest BCUT2D eigenvalue weighted by molar-refractivity contribution is 7.91. The van der Waals surface area contributed by atoms with Gasteiger partial charge in [0.15, 0.2) is 9.92 Å². The minimum Gasteiger partial charge on any atom is -0.481 e. The molecule has 0 unspecified atom stereocenters. The Hall–Kier alpha value is -3.27. The van der Waals surface area contributed by atoms with Gasteiger partial charge in [-0.3, -0.25) is 14.2 Å². The summed E-state index contributed by atoms with van der Waals surface area (Å²) in [6.07, 6.45) is 3.40. The van der Waals surface area contributed by atoms with Crippen molar-refractivity contribution in [3.05, 3.63) is 71.9 Å². The number of nitrogens with zero attached hydrogens (tertiary/aromatic N) is 3. The van der Waals surface area contributed by atoms with Crippen molar-refractivity contribution in [1.29, 1.82) is 4.78 Å². The van der Waals surface area contributed by atoms with Crippen molar-refractivity contribution in [1.82, 2.24) is 19.5 Å². The summed E-state index contributed by atoms with van der Waals surface area (Å²) in [5.74, 6) is -1.51. The molecule has 0 aliphatic carbocycles. The fourth-order valence-electron chi connectivity index (χ4n) is 2.38. The molecule has 0 aliphatic rings. The molecule has 2 heterocycles. The molecule has 1 amide bonds. The van der Waals surface area contributed by atoms with E-state index in [1.807, 2.05) is 4.72 Å². The number of carbonyl (C=O) groups is 1. The van der Waals surface area contributed by atoms with Crippen LogP contribution in [0.5, 0.6) is 5.88 Å². The first-order valence-corrected chi connectivity index (χ1v) is 9.33. The average Bonchev–Trinajstić information content (AvgIpc) is 3.15. The molecule has 2 N–H and O–H groups in total. The maximum absolute atomic E-state index is 13.8. The van der Waals surface area contributed by atoms with E-state index in [4.69, 9.17) is 9.52 Å². The van der Waals surface area contributed by atoms with E-state index in [1.165, 1.54) is 31.4 Å². The largest absolute Gasteiger partial charge is 0.481 e. The zero-order valence-corrected chi connectivity index (χ0v) is 15.1. The Morgan fingerprint density at radius 1 is 1.30 bits per heavy atom. The summed E-state index contributed by atoms with van der Waals surface area (Å²) in [5.41, 5.74) is 0.575. The summed E-state index contributed by atoms with van der Waals surface area (Å²) in [7, 11) is -2.47. The minimum absolute atomic E-state index is 0.104. The van der Waals surface area contributed by atoms with Gasteiger partial charge in [0.05, 0.1) is 13.7 Å². The quantitative estimate of drug-likeness (QED) is 0.672. The Bertz CT molecular complexity index is 1070. The van der Waals surface area contributed by atoms with Crippen molar-refractivity contribution in [3.8, 4) is 5.88 Å². The van der Waals surface area contributed by atoms with Crippen molar-refractivity contribution in [2.24, 2.45) is 0 Å². The van der Waals surface area contributed by atoms with Crippen LogP contribution in [0.15, 0.2) is 59.8 Å². The summed E-state index contributed by atoms with van der Waals surface area (Å²) >= 11 is 0. The van der Waals surface area contributed by atoms with Gasteiger partial charge in [0.2, 0.25) is 5.88 Å². The van der Waals surface area contributed by atoms with Crippen LogP contribution in [0.1, 0.15) is 16.1 Å². The standard InChI is InChI=1S/C17H16FN5O3S/c1-26-17-12(11-23-10-4-9-20-23)7-8-14(21-17)16(24)22-27(19,25)15-6-3-2-5-13(15)18/h2-10H,11H2,1H3,(H2,19,22,24,25)/t27-/m0/s1. The lowest BCUT2D eigenvalue weighted by atomic mass is 10.2. The molecule has 3 aromatic rings. The highest BCUT2D eigenvalue weighted by atomic mass is 32.2. The summed E-state index contributed by atoms with van der Waals surface area (Å²) in [6.45, 7) is 0.384. The van der Waals surface area contributed by atoms with Crippen molar-refractivity contribution in [2.75, 3.05) is 7.11 Å². The zero-order chi connectivity index (χ0) is 19.4. The molecular weight excluding hydrogens is 373 g/mol. The van der Waals surface area contributed by atoms with Crippen molar-refractivity contribution >= 4 is 15.8 Å². The molecule has 1 aromatic carbocycles. The number of aromatic nitrogens is 3. The van der Waals surface area contributed by atoms with E-state index in [2.05, 4.69) is 10.1 Å². The summed E-state index contributed by atoms with van der Waals surface area (Å²) < 4.78 is 43.0. The van der Waals surface area contributed by atoms with Gasteiger partial charge in [0.1, 0.15) is 16.4 Å². The predicted octanol–water partition coefficient (Wildman–Crippen LogP) is 2.22. The molecule has 27 heavy (non-hydrogen) atoms. The molecule has 3 rings (SSSR count). The fourth-order valence-corrected chi connectivity index (χ4v) is 3.47. The van der Waals surface area contributed by atoms with Gasteiger partial charge >= 0.3 is 0 Å². The summed E-state index contributed by atoms with van der Waals surface area (Å²) in [4.78, 5) is 16.1. The van der Waals surface area contributed by atoms with E-state index < -0.39 is 26.5 Å². The molecule has 0 bridgehead atoms. The number of ether oxygens (including phenoxy) is 1. The summed E-state index contributed by atoms with van der Waals surface area (Å²) in [5, 5.41) is 4.09. The SMILES string of the molecule is COc1nc(C(=O)N[S@](=N)(=O)c2ccccc2F)ccc1Cn1cccn1. The van der Waals surface area contributed by atoms with Crippen LogP contribution >= 0.6 is 0 Å². The second kappa shape index (κ2) is 7.54. The van der Waals surface area contributed by atoms with Gasteiger partial charge in [-0.25, -0.2) is 18.4 Å². The molecule has 0 aliphatic heterocycles. The Labute approximate surface area is 155 Å². The number of nitrogens with one attached hydrogen (secondary N) is 2. The highest BCUT2D eigenvalue weighted by Gasteiger charge is 2.20. The monoisotopic (exact) mass is 389 g/mol. The van der Waals surface area contributed by atoms with E-state index in [-0.39, 0.29) is 11.6 Å². The molecule has 140 valence electrons. The highest BCUT2D eigenvalue weighted by Crippen LogP contribution is 2.18. The topological polar surface area (TPSA) is 110 Å². The van der Waals surface area contributed by atoms with E-state index in [9.17, 15) is 13.4 Å². The summed E-state index contributed by atoms with van der Waals surface area (Å²) in [6, 6.07) is 9.90. The molecule has 0 radical (unpaired) electrons. The van der Waals surface area contributed by atoms with Gasteiger partial charge in [-0.15, -0.1) is 0 Å². The predicted molar refractivity (Wildman–Crippen MR) is 95.1 cm³/mol. The smallest absolute Gasteiger partial charge is 0.282 e. The van der Waals surface area contributed by atoms with E-state index >= 15 is 0 Å². The van der Waals surface area contributed by atoms with Gasteiger partial charge in [0.25, 0.3) is 5.91 Å². The van der Waals surface area contributed by atoms with Gasteiger partial charge < -0.3 is 4.74 Å². The van der Waals surface area contributed by atoms with Crippen molar-refractivity contribution in [2.45, 2.75) is 11.4 Å². The first kappa shape index (κ1) is 18.5. The number of methoxy groups -OCH3 is 1. The molecule has 2 aromatic heterocycles. The second-order valence-corrected chi connectivity index (χ2v) is 7.24. The number of hydrogen-bond acceptors (Lipinski definition) is 6. The van der Waals surface area contributed by atoms with Crippen LogP contribution in [-0.4, -0.2) is 32.0 Å². The Balaban J connectivity index is 1.83. The zero-order valence-electron chi connectivity index (χ0n) is 14.3. The number of pyridine rings is 1. The Morgan fingerprint density at radius 3 is 2.74 bits per heavy atom. The molecule has 0 fully saturated rings. The Morgan fingerprint density at radius 2 is 2.07 bits per heavy atom. The molecule has 10 heteroatoms. The normalized spacial score (nSPS) is 13.0. The van der Waals surface area contributed by atoms with E-state index in [0.29, 0.717) is 12.1 Å². The van der Waals surface area contributed by atoms with Crippen LogP contribution in [-0.2, 0) is 16.5 Å². The maximum atomic E-state index is 13.8. The third-order valence-electron chi connectivity index (χ3n) is 3.64. The molecule has 1 atom stereocenters. The van der Waals surface area contributed by atoms with Gasteiger partial charge in [0, 0.05) is 18.0 Å². The number of rotatable bonds is 6. The number of carbonyl (C=O) groups excluding carboxylic acids is 1. The molecule has 0 saturated heterocycles. The maximum Gasteiger partial charge on any atom is 0.282 e. The first-order valence-electron chi connectivity index (χ1n) is 7.77. The third kappa shape index (κ3) is 4.11. The number of halogens is 1. The van der Waals surface area contributed by atoms with Crippen LogP contribution in [0.3, 0.4) is 0 Å². The van der Waals surface area contributed by atoms with E-state index in [1.54, 1.807) is 29.2 Å². The van der Waals surface area contributed by atoms with Crippen LogP contribution < -0.4 is 9.46 Å². The molecular formula is C17H16FN5O3S. The lowest BCUT2D eigenvalue weighted by molar-refractivity contribution is 0.0976. The van der Waals surface area contributed by atoms with Crippen molar-refractivity contribution < 1.29 is 18.1 Å². The molecule has 8 nitrogen and oxygen atoms in total. The third-order valence-corrected chi connectivity index (χ3v) is 5.06. The Kier molecular flexibility index (Phi) is 5.17. The van der Waals surface area contributed by atoms with Crippen LogP contribution in [0.4, 0.5) is 4.39 Å². The minimum atomic E-state index is -3.88. The number of amides is 1. The molecule has 0 spiro atoms. The molecule has 0 saturated carbocycles. The number of benzene rings is 1. The second-order valence-electron chi connectivity index (χ2n) is 5.49. The van der Waals surface area contributed by atoms with Crippen LogP contribution in [0.25, 0.3) is 0 Å². The fraction of sp³-hybridized carbons (Fsp3) is 0.118. The first-order chi connectivity index (χ1) is 12.9. The van der Waals surface area contributed by atoms with Gasteiger partial charge in [-0.05, 0) is 30.3 Å². The lowest BCUT2D eigenvalue weighted by Gasteiger charge is -2.12. The van der Waals surface area contributed by atoms with Crippen LogP contribution in [0, 0.1) is 10.6 Å². The van der Waals surface area contributed by atoms with Gasteiger partial charge in [-0.2, -0.15) is 5.10 Å². The number of hydrogen-bond donors (Lipinski definition) is 2. The van der Waals surface area contributed by atoms with Crippen LogP contribution in [0.2, 0.25) is 0 Å². The average molecular weight is 389 g/mol.